The van der Waals surface area contributed by atoms with Crippen molar-refractivity contribution in [2.75, 3.05) is 6.54 Å². The van der Waals surface area contributed by atoms with E-state index in [1.165, 1.54) is 11.3 Å². The predicted octanol–water partition coefficient (Wildman–Crippen LogP) is 2.20. The number of thiazole rings is 1. The van der Waals surface area contributed by atoms with Crippen molar-refractivity contribution >= 4 is 17.2 Å². The van der Waals surface area contributed by atoms with Gasteiger partial charge in [-0.2, -0.15) is 0 Å². The van der Waals surface area contributed by atoms with Gasteiger partial charge in [-0.3, -0.25) is 4.79 Å². The molecule has 0 radical (unpaired) electrons. The minimum atomic E-state index is -0.166. The molecule has 0 aliphatic heterocycles. The van der Waals surface area contributed by atoms with Crippen molar-refractivity contribution < 1.29 is 4.79 Å². The van der Waals surface area contributed by atoms with E-state index in [0.29, 0.717) is 12.2 Å². The number of hydrogen-bond donors (Lipinski definition) is 2. The minimum Gasteiger partial charge on any atom is -0.347 e. The summed E-state index contributed by atoms with van der Waals surface area (Å²) in [6, 6.07) is 9.77. The van der Waals surface area contributed by atoms with Crippen LogP contribution in [0.15, 0.2) is 30.3 Å². The number of nitrogens with one attached hydrogen (secondary N) is 1. The van der Waals surface area contributed by atoms with Crippen molar-refractivity contribution in [2.45, 2.75) is 19.9 Å². The lowest BCUT2D eigenvalue weighted by Gasteiger charge is -2.10. The average Bonchev–Trinajstić information content (AvgIpc) is 2.82. The van der Waals surface area contributed by atoms with Gasteiger partial charge >= 0.3 is 0 Å². The van der Waals surface area contributed by atoms with Gasteiger partial charge in [0.2, 0.25) is 0 Å². The van der Waals surface area contributed by atoms with Crippen LogP contribution >= 0.6 is 11.3 Å². The second-order valence-corrected chi connectivity index (χ2v) is 5.59. The van der Waals surface area contributed by atoms with Crippen LogP contribution in [0.2, 0.25) is 0 Å². The lowest BCUT2D eigenvalue weighted by molar-refractivity contribution is 0.0937. The Bertz CT molecular complexity index is 565. The summed E-state index contributed by atoms with van der Waals surface area (Å²) >= 11 is 1.53. The van der Waals surface area contributed by atoms with E-state index in [2.05, 4.69) is 10.3 Å². The number of carbonyl (C=O) groups is 1. The molecule has 1 atom stereocenters. The molecule has 1 heterocycles. The van der Waals surface area contributed by atoms with E-state index < -0.39 is 0 Å². The Morgan fingerprint density at radius 3 is 2.74 bits per heavy atom. The quantitative estimate of drug-likeness (QED) is 0.898. The van der Waals surface area contributed by atoms with Crippen molar-refractivity contribution in [3.05, 3.63) is 41.0 Å². The van der Waals surface area contributed by atoms with E-state index in [4.69, 9.17) is 5.73 Å². The number of hydrogen-bond acceptors (Lipinski definition) is 4. The Balaban J connectivity index is 2.34. The van der Waals surface area contributed by atoms with Crippen LogP contribution in [-0.4, -0.2) is 23.5 Å². The topological polar surface area (TPSA) is 68.0 Å². The normalized spacial score (nSPS) is 12.2. The van der Waals surface area contributed by atoms with Gasteiger partial charge in [0, 0.05) is 12.6 Å². The minimum absolute atomic E-state index is 0.0573. The molecular weight excluding hydrogens is 258 g/mol. The van der Waals surface area contributed by atoms with E-state index >= 15 is 0 Å². The Labute approximate surface area is 116 Å². The van der Waals surface area contributed by atoms with E-state index in [9.17, 15) is 4.79 Å². The first-order chi connectivity index (χ1) is 9.11. The standard InChI is InChI=1S/C14H17N3OS/c1-9(8-15)16-14(18)12-13(19-10(2)17-12)11-6-4-3-5-7-11/h3-7,9H,8,15H2,1-2H3,(H,16,18). The average molecular weight is 275 g/mol. The summed E-state index contributed by atoms with van der Waals surface area (Å²) in [7, 11) is 0. The molecule has 2 rings (SSSR count). The first-order valence-corrected chi connectivity index (χ1v) is 6.97. The van der Waals surface area contributed by atoms with Gasteiger partial charge in [-0.1, -0.05) is 30.3 Å². The number of nitrogens with zero attached hydrogens (tertiary/aromatic N) is 1. The molecule has 1 aromatic carbocycles. The summed E-state index contributed by atoms with van der Waals surface area (Å²) < 4.78 is 0. The van der Waals surface area contributed by atoms with Crippen molar-refractivity contribution in [2.24, 2.45) is 5.73 Å². The molecule has 5 heteroatoms. The summed E-state index contributed by atoms with van der Waals surface area (Å²) in [6.07, 6.45) is 0. The lowest BCUT2D eigenvalue weighted by Crippen LogP contribution is -2.38. The fourth-order valence-electron chi connectivity index (χ4n) is 1.72. The smallest absolute Gasteiger partial charge is 0.271 e. The van der Waals surface area contributed by atoms with Gasteiger partial charge in [-0.05, 0) is 19.4 Å². The Morgan fingerprint density at radius 2 is 2.11 bits per heavy atom. The molecule has 3 N–H and O–H groups in total. The molecule has 100 valence electrons. The van der Waals surface area contributed by atoms with Crippen molar-refractivity contribution in [1.82, 2.24) is 10.3 Å². The first-order valence-electron chi connectivity index (χ1n) is 6.15. The fraction of sp³-hybridized carbons (Fsp3) is 0.286. The van der Waals surface area contributed by atoms with Crippen LogP contribution in [0.25, 0.3) is 10.4 Å². The van der Waals surface area contributed by atoms with Gasteiger partial charge in [0.25, 0.3) is 5.91 Å². The van der Waals surface area contributed by atoms with Gasteiger partial charge in [0.05, 0.1) is 9.88 Å². The van der Waals surface area contributed by atoms with Gasteiger partial charge in [0.15, 0.2) is 0 Å². The molecule has 1 amide bonds. The van der Waals surface area contributed by atoms with Gasteiger partial charge in [0.1, 0.15) is 5.69 Å². The second-order valence-electron chi connectivity index (χ2n) is 4.39. The molecule has 1 unspecified atom stereocenters. The highest BCUT2D eigenvalue weighted by atomic mass is 32.1. The highest BCUT2D eigenvalue weighted by molar-refractivity contribution is 7.15. The van der Waals surface area contributed by atoms with Gasteiger partial charge in [-0.15, -0.1) is 11.3 Å². The molecule has 0 aliphatic rings. The number of aromatic nitrogens is 1. The maximum atomic E-state index is 12.2. The number of carbonyl (C=O) groups excluding carboxylic acids is 1. The zero-order chi connectivity index (χ0) is 13.8. The molecule has 2 aromatic rings. The highest BCUT2D eigenvalue weighted by Gasteiger charge is 2.19. The molecule has 0 spiro atoms. The molecule has 0 aliphatic carbocycles. The number of amides is 1. The summed E-state index contributed by atoms with van der Waals surface area (Å²) in [5.41, 5.74) is 7.01. The third-order valence-electron chi connectivity index (χ3n) is 2.72. The molecule has 1 aromatic heterocycles. The van der Waals surface area contributed by atoms with E-state index in [0.717, 1.165) is 15.4 Å². The maximum absolute atomic E-state index is 12.2. The summed E-state index contributed by atoms with van der Waals surface area (Å²) in [5, 5.41) is 3.73. The Hall–Kier alpha value is -1.72. The zero-order valence-electron chi connectivity index (χ0n) is 11.0. The third-order valence-corrected chi connectivity index (χ3v) is 3.74. The zero-order valence-corrected chi connectivity index (χ0v) is 11.8. The van der Waals surface area contributed by atoms with E-state index in [1.54, 1.807) is 0 Å². The van der Waals surface area contributed by atoms with Crippen LogP contribution < -0.4 is 11.1 Å². The van der Waals surface area contributed by atoms with Crippen LogP contribution in [0, 0.1) is 6.92 Å². The molecule has 0 fully saturated rings. The summed E-state index contributed by atoms with van der Waals surface area (Å²) in [5.74, 6) is -0.166. The third kappa shape index (κ3) is 3.19. The van der Waals surface area contributed by atoms with Crippen LogP contribution in [0.4, 0.5) is 0 Å². The number of rotatable bonds is 4. The summed E-state index contributed by atoms with van der Waals surface area (Å²) in [4.78, 5) is 17.4. The molecule has 19 heavy (non-hydrogen) atoms. The number of benzene rings is 1. The maximum Gasteiger partial charge on any atom is 0.271 e. The van der Waals surface area contributed by atoms with Crippen LogP contribution in [0.5, 0.6) is 0 Å². The lowest BCUT2D eigenvalue weighted by atomic mass is 10.1. The SMILES string of the molecule is Cc1nc(C(=O)NC(C)CN)c(-c2ccccc2)s1. The van der Waals surface area contributed by atoms with Gasteiger partial charge < -0.3 is 11.1 Å². The van der Waals surface area contributed by atoms with E-state index in [1.807, 2.05) is 44.2 Å². The van der Waals surface area contributed by atoms with Gasteiger partial charge in [-0.25, -0.2) is 4.98 Å². The highest BCUT2D eigenvalue weighted by Crippen LogP contribution is 2.29. The number of nitrogens with two attached hydrogens (primary N) is 1. The first kappa shape index (κ1) is 13.7. The largest absolute Gasteiger partial charge is 0.347 e. The van der Waals surface area contributed by atoms with Crippen LogP contribution in [0.1, 0.15) is 22.4 Å². The van der Waals surface area contributed by atoms with Crippen molar-refractivity contribution in [3.63, 3.8) is 0 Å². The van der Waals surface area contributed by atoms with Crippen molar-refractivity contribution in [3.8, 4) is 10.4 Å². The van der Waals surface area contributed by atoms with Crippen LogP contribution in [0.3, 0.4) is 0 Å². The van der Waals surface area contributed by atoms with E-state index in [-0.39, 0.29) is 11.9 Å². The molecule has 0 saturated heterocycles. The Kier molecular flexibility index (Phi) is 4.29. The van der Waals surface area contributed by atoms with Crippen molar-refractivity contribution in [1.29, 1.82) is 0 Å². The predicted molar refractivity (Wildman–Crippen MR) is 78.3 cm³/mol. The fourth-order valence-corrected chi connectivity index (χ4v) is 2.64. The molecule has 0 saturated carbocycles. The van der Waals surface area contributed by atoms with Crippen LogP contribution in [-0.2, 0) is 0 Å². The molecule has 0 bridgehead atoms. The molecular formula is C14H17N3OS. The molecule has 4 nitrogen and oxygen atoms in total. The second kappa shape index (κ2) is 5.95. The summed E-state index contributed by atoms with van der Waals surface area (Å²) in [6.45, 7) is 4.19. The Morgan fingerprint density at radius 1 is 1.42 bits per heavy atom. The monoisotopic (exact) mass is 275 g/mol. The number of aryl methyl sites for hydroxylation is 1.